The van der Waals surface area contributed by atoms with E-state index in [2.05, 4.69) is 15.0 Å². The van der Waals surface area contributed by atoms with Gasteiger partial charge in [0.05, 0.1) is 23.8 Å². The second-order valence-corrected chi connectivity index (χ2v) is 7.63. The van der Waals surface area contributed by atoms with Crippen LogP contribution in [0.25, 0.3) is 10.9 Å². The summed E-state index contributed by atoms with van der Waals surface area (Å²) in [4.78, 5) is 40.1. The first-order valence-electron chi connectivity index (χ1n) is 10.2. The van der Waals surface area contributed by atoms with Crippen LogP contribution in [0.1, 0.15) is 30.8 Å². The molecule has 156 valence electrons. The number of nitrogens with zero attached hydrogens (tertiary/aromatic N) is 5. The lowest BCUT2D eigenvalue weighted by Gasteiger charge is -2.32. The number of amides is 1. The molecule has 4 rings (SSSR count). The van der Waals surface area contributed by atoms with Crippen LogP contribution in [0.4, 0.5) is 0 Å². The van der Waals surface area contributed by atoms with Crippen LogP contribution in [0.15, 0.2) is 41.5 Å². The number of aromatic nitrogens is 4. The van der Waals surface area contributed by atoms with E-state index in [4.69, 9.17) is 4.74 Å². The Morgan fingerprint density at radius 2 is 2.07 bits per heavy atom. The van der Waals surface area contributed by atoms with Gasteiger partial charge >= 0.3 is 0 Å². The summed E-state index contributed by atoms with van der Waals surface area (Å²) in [6, 6.07) is 9.04. The van der Waals surface area contributed by atoms with Crippen molar-refractivity contribution < 1.29 is 9.53 Å². The number of hydrogen-bond acceptors (Lipinski definition) is 6. The summed E-state index contributed by atoms with van der Waals surface area (Å²) in [5.41, 5.74) is 1.40. The standard InChI is InChI=1S/C22H25N5O3/c1-15-12-20(25-16(2)24-15)30-17-6-5-10-26(13-17)21(28)9-11-27-14-23-19-8-4-3-7-18(19)22(27)29/h3-4,7-8,12,14,17H,5-6,9-11,13H2,1-2H3. The van der Waals surface area contributed by atoms with E-state index >= 15 is 0 Å². The van der Waals surface area contributed by atoms with Gasteiger partial charge in [-0.3, -0.25) is 14.2 Å². The number of likely N-dealkylation sites (tertiary alicyclic amines) is 1. The lowest BCUT2D eigenvalue weighted by molar-refractivity contribution is -0.134. The molecule has 1 atom stereocenters. The average Bonchev–Trinajstić information content (AvgIpc) is 2.73. The van der Waals surface area contributed by atoms with Crippen molar-refractivity contribution in [3.05, 3.63) is 58.5 Å². The van der Waals surface area contributed by atoms with Crippen LogP contribution in [0.3, 0.4) is 0 Å². The van der Waals surface area contributed by atoms with Crippen molar-refractivity contribution >= 4 is 16.8 Å². The molecule has 1 amide bonds. The fourth-order valence-electron chi connectivity index (χ4n) is 3.81. The highest BCUT2D eigenvalue weighted by atomic mass is 16.5. The van der Waals surface area contributed by atoms with Crippen LogP contribution in [0.2, 0.25) is 0 Å². The minimum atomic E-state index is -0.122. The summed E-state index contributed by atoms with van der Waals surface area (Å²) in [5, 5.41) is 0.564. The number of rotatable bonds is 5. The molecule has 8 heteroatoms. The lowest BCUT2D eigenvalue weighted by Crippen LogP contribution is -2.44. The van der Waals surface area contributed by atoms with Gasteiger partial charge in [-0.2, -0.15) is 4.98 Å². The molecule has 1 aliphatic rings. The number of piperidine rings is 1. The van der Waals surface area contributed by atoms with Crippen molar-refractivity contribution in [1.82, 2.24) is 24.4 Å². The number of hydrogen-bond donors (Lipinski definition) is 0. The Kier molecular flexibility index (Phi) is 5.74. The maximum Gasteiger partial charge on any atom is 0.261 e. The molecular formula is C22H25N5O3. The molecule has 0 radical (unpaired) electrons. The zero-order valence-corrected chi connectivity index (χ0v) is 17.2. The van der Waals surface area contributed by atoms with E-state index < -0.39 is 0 Å². The highest BCUT2D eigenvalue weighted by Crippen LogP contribution is 2.18. The van der Waals surface area contributed by atoms with Crippen LogP contribution >= 0.6 is 0 Å². The molecule has 0 bridgehead atoms. The first-order valence-corrected chi connectivity index (χ1v) is 10.2. The third kappa shape index (κ3) is 4.48. The summed E-state index contributed by atoms with van der Waals surface area (Å²) >= 11 is 0. The molecule has 0 N–H and O–H groups in total. The number of ether oxygens (including phenoxy) is 1. The Bertz CT molecular complexity index is 1110. The second-order valence-electron chi connectivity index (χ2n) is 7.63. The minimum Gasteiger partial charge on any atom is -0.472 e. The van der Waals surface area contributed by atoms with Gasteiger partial charge in [-0.25, -0.2) is 9.97 Å². The van der Waals surface area contributed by atoms with E-state index in [-0.39, 0.29) is 24.0 Å². The van der Waals surface area contributed by atoms with E-state index in [0.29, 0.717) is 42.2 Å². The SMILES string of the molecule is Cc1cc(OC2CCCN(C(=O)CCn3cnc4ccccc4c3=O)C2)nc(C)n1. The molecule has 1 aromatic carbocycles. The van der Waals surface area contributed by atoms with Gasteiger partial charge in [0.1, 0.15) is 11.9 Å². The van der Waals surface area contributed by atoms with E-state index in [9.17, 15) is 9.59 Å². The number of benzene rings is 1. The zero-order chi connectivity index (χ0) is 21.1. The molecule has 3 heterocycles. The topological polar surface area (TPSA) is 90.2 Å². The Balaban J connectivity index is 1.37. The largest absolute Gasteiger partial charge is 0.472 e. The van der Waals surface area contributed by atoms with Crippen molar-refractivity contribution in [3.8, 4) is 5.88 Å². The number of para-hydroxylation sites is 1. The predicted octanol–water partition coefficient (Wildman–Crippen LogP) is 2.26. The molecule has 1 unspecified atom stereocenters. The molecule has 8 nitrogen and oxygen atoms in total. The summed E-state index contributed by atoms with van der Waals surface area (Å²) in [5.74, 6) is 1.23. The molecular weight excluding hydrogens is 382 g/mol. The Morgan fingerprint density at radius 1 is 1.23 bits per heavy atom. The fraction of sp³-hybridized carbons (Fsp3) is 0.409. The van der Waals surface area contributed by atoms with Crippen LogP contribution < -0.4 is 10.3 Å². The van der Waals surface area contributed by atoms with Gasteiger partial charge in [-0.1, -0.05) is 12.1 Å². The summed E-state index contributed by atoms with van der Waals surface area (Å²) in [7, 11) is 0. The number of fused-ring (bicyclic) bond motifs is 1. The maximum atomic E-state index is 12.8. The Hall–Kier alpha value is -3.29. The van der Waals surface area contributed by atoms with E-state index in [1.165, 1.54) is 10.9 Å². The molecule has 2 aromatic heterocycles. The van der Waals surface area contributed by atoms with Crippen molar-refractivity contribution in [2.24, 2.45) is 0 Å². The third-order valence-electron chi connectivity index (χ3n) is 5.26. The summed E-state index contributed by atoms with van der Waals surface area (Å²) in [6.07, 6.45) is 3.41. The number of carbonyl (C=O) groups excluding carboxylic acids is 1. The molecule has 1 aliphatic heterocycles. The van der Waals surface area contributed by atoms with Gasteiger partial charge in [-0.05, 0) is 38.8 Å². The van der Waals surface area contributed by atoms with E-state index in [1.807, 2.05) is 36.9 Å². The first-order chi connectivity index (χ1) is 14.5. The van der Waals surface area contributed by atoms with Crippen molar-refractivity contribution in [1.29, 1.82) is 0 Å². The van der Waals surface area contributed by atoms with Crippen LogP contribution in [0.5, 0.6) is 5.88 Å². The van der Waals surface area contributed by atoms with Crippen molar-refractivity contribution in [2.45, 2.75) is 45.8 Å². The monoisotopic (exact) mass is 407 g/mol. The van der Waals surface area contributed by atoms with Gasteiger partial charge in [0.15, 0.2) is 0 Å². The smallest absolute Gasteiger partial charge is 0.261 e. The lowest BCUT2D eigenvalue weighted by atomic mass is 10.1. The molecule has 0 saturated carbocycles. The first kappa shape index (κ1) is 20.0. The summed E-state index contributed by atoms with van der Waals surface area (Å²) < 4.78 is 7.52. The zero-order valence-electron chi connectivity index (χ0n) is 17.2. The molecule has 3 aromatic rings. The van der Waals surface area contributed by atoms with Crippen LogP contribution in [-0.4, -0.2) is 49.5 Å². The molecule has 1 fully saturated rings. The molecule has 0 spiro atoms. The third-order valence-corrected chi connectivity index (χ3v) is 5.26. The number of carbonyl (C=O) groups is 1. The Morgan fingerprint density at radius 3 is 2.90 bits per heavy atom. The quantitative estimate of drug-likeness (QED) is 0.644. The van der Waals surface area contributed by atoms with Gasteiger partial charge in [0, 0.05) is 31.3 Å². The fourth-order valence-corrected chi connectivity index (χ4v) is 3.81. The highest BCUT2D eigenvalue weighted by Gasteiger charge is 2.25. The van der Waals surface area contributed by atoms with Crippen LogP contribution in [-0.2, 0) is 11.3 Å². The predicted molar refractivity (Wildman–Crippen MR) is 112 cm³/mol. The van der Waals surface area contributed by atoms with Gasteiger partial charge in [-0.15, -0.1) is 0 Å². The van der Waals surface area contributed by atoms with Crippen molar-refractivity contribution in [2.75, 3.05) is 13.1 Å². The minimum absolute atomic E-state index is 0.0124. The molecule has 30 heavy (non-hydrogen) atoms. The van der Waals surface area contributed by atoms with Gasteiger partial charge in [0.2, 0.25) is 11.8 Å². The Labute approximate surface area is 174 Å². The summed E-state index contributed by atoms with van der Waals surface area (Å²) in [6.45, 7) is 5.26. The average molecular weight is 407 g/mol. The van der Waals surface area contributed by atoms with E-state index in [1.54, 1.807) is 12.1 Å². The maximum absolute atomic E-state index is 12.8. The van der Waals surface area contributed by atoms with Crippen molar-refractivity contribution in [3.63, 3.8) is 0 Å². The second kappa shape index (κ2) is 8.61. The van der Waals surface area contributed by atoms with Gasteiger partial charge in [0.25, 0.3) is 5.56 Å². The van der Waals surface area contributed by atoms with E-state index in [0.717, 1.165) is 18.5 Å². The number of aryl methyl sites for hydroxylation is 3. The normalized spacial score (nSPS) is 16.6. The van der Waals surface area contributed by atoms with Gasteiger partial charge < -0.3 is 9.64 Å². The molecule has 0 aliphatic carbocycles. The van der Waals surface area contributed by atoms with Crippen LogP contribution in [0, 0.1) is 13.8 Å². The molecule has 1 saturated heterocycles. The highest BCUT2D eigenvalue weighted by molar-refractivity contribution is 5.77.